The van der Waals surface area contributed by atoms with Crippen LogP contribution in [0.5, 0.6) is 5.75 Å². The molecule has 0 fully saturated rings. The summed E-state index contributed by atoms with van der Waals surface area (Å²) in [5.41, 5.74) is 1.64. The highest BCUT2D eigenvalue weighted by Gasteiger charge is 2.34. The third-order valence-corrected chi connectivity index (χ3v) is 6.58. The Morgan fingerprint density at radius 1 is 1.23 bits per heavy atom. The van der Waals surface area contributed by atoms with Crippen molar-refractivity contribution in [3.05, 3.63) is 46.1 Å². The second-order valence-electron chi connectivity index (χ2n) is 8.52. The number of halogens is 1. The molecular weight excluding hydrogens is 405 g/mol. The Morgan fingerprint density at radius 2 is 1.93 bits per heavy atom. The predicted octanol–water partition coefficient (Wildman–Crippen LogP) is 5.23. The van der Waals surface area contributed by atoms with Crippen LogP contribution in [0.25, 0.3) is 0 Å². The number of esters is 1. The number of thiophene rings is 1. The number of hydrogen-bond acceptors (Lipinski definition) is 5. The number of carbonyl (C=O) groups excluding carboxylic acids is 2. The zero-order chi connectivity index (χ0) is 21.9. The van der Waals surface area contributed by atoms with E-state index >= 15 is 0 Å². The lowest BCUT2D eigenvalue weighted by Gasteiger charge is -2.33. The summed E-state index contributed by atoms with van der Waals surface area (Å²) in [6.45, 7) is 8.51. The maximum absolute atomic E-state index is 13.0. The second kappa shape index (κ2) is 9.16. The summed E-state index contributed by atoms with van der Waals surface area (Å²) in [6.07, 6.45) is 2.68. The lowest BCUT2D eigenvalue weighted by Crippen LogP contribution is -2.26. The van der Waals surface area contributed by atoms with Gasteiger partial charge < -0.3 is 14.8 Å². The molecule has 0 bridgehead atoms. The molecule has 30 heavy (non-hydrogen) atoms. The molecule has 1 aliphatic rings. The number of benzene rings is 1. The van der Waals surface area contributed by atoms with Crippen LogP contribution >= 0.6 is 11.3 Å². The fourth-order valence-corrected chi connectivity index (χ4v) is 5.01. The normalized spacial score (nSPS) is 16.0. The Morgan fingerprint density at radius 3 is 2.57 bits per heavy atom. The standard InChI is InChI=1S/C23H28FNO4S/c1-5-28-22(27)20-17-11-6-14(23(2,3)4)12-18(17)30-21(20)25-19(26)13-29-16-9-7-15(24)8-10-16/h7-10,14H,5-6,11-13H2,1-4H3,(H,25,26). The molecule has 0 radical (unpaired) electrons. The summed E-state index contributed by atoms with van der Waals surface area (Å²) in [7, 11) is 0. The molecular formula is C23H28FNO4S. The SMILES string of the molecule is CCOC(=O)c1c(NC(=O)COc2ccc(F)cc2)sc2c1CCC(C(C)(C)C)C2. The highest BCUT2D eigenvalue weighted by atomic mass is 32.1. The molecule has 1 aromatic carbocycles. The average Bonchev–Trinajstić information content (AvgIpc) is 3.04. The van der Waals surface area contributed by atoms with E-state index in [-0.39, 0.29) is 30.4 Å². The van der Waals surface area contributed by atoms with Crippen LogP contribution in [-0.4, -0.2) is 25.1 Å². The molecule has 7 heteroatoms. The Hall–Kier alpha value is -2.41. The largest absolute Gasteiger partial charge is 0.484 e. The zero-order valence-electron chi connectivity index (χ0n) is 17.8. The number of nitrogens with one attached hydrogen (secondary N) is 1. The number of anilines is 1. The minimum atomic E-state index is -0.404. The van der Waals surface area contributed by atoms with Crippen molar-refractivity contribution in [1.82, 2.24) is 0 Å². The number of rotatable bonds is 6. The molecule has 0 saturated carbocycles. The van der Waals surface area contributed by atoms with Gasteiger partial charge in [0.15, 0.2) is 6.61 Å². The minimum Gasteiger partial charge on any atom is -0.484 e. The van der Waals surface area contributed by atoms with Gasteiger partial charge in [-0.15, -0.1) is 11.3 Å². The van der Waals surface area contributed by atoms with Crippen LogP contribution in [0.4, 0.5) is 9.39 Å². The number of amides is 1. The van der Waals surface area contributed by atoms with Crippen molar-refractivity contribution in [3.63, 3.8) is 0 Å². The van der Waals surface area contributed by atoms with Gasteiger partial charge in [0.05, 0.1) is 12.2 Å². The van der Waals surface area contributed by atoms with Gasteiger partial charge >= 0.3 is 5.97 Å². The molecule has 3 rings (SSSR count). The maximum Gasteiger partial charge on any atom is 0.341 e. The molecule has 0 spiro atoms. The number of carbonyl (C=O) groups is 2. The highest BCUT2D eigenvalue weighted by molar-refractivity contribution is 7.17. The Balaban J connectivity index is 1.77. The van der Waals surface area contributed by atoms with Crippen molar-refractivity contribution in [2.75, 3.05) is 18.5 Å². The van der Waals surface area contributed by atoms with E-state index in [0.29, 0.717) is 22.2 Å². The zero-order valence-corrected chi connectivity index (χ0v) is 18.7. The molecule has 0 aliphatic heterocycles. The first-order valence-electron chi connectivity index (χ1n) is 10.2. The summed E-state index contributed by atoms with van der Waals surface area (Å²) in [5.74, 6) is -0.238. The van der Waals surface area contributed by atoms with E-state index in [2.05, 4.69) is 26.1 Å². The molecule has 1 unspecified atom stereocenters. The highest BCUT2D eigenvalue weighted by Crippen LogP contribution is 2.44. The van der Waals surface area contributed by atoms with Gasteiger partial charge in [0.25, 0.3) is 5.91 Å². The van der Waals surface area contributed by atoms with Crippen LogP contribution in [0, 0.1) is 17.2 Å². The fourth-order valence-electron chi connectivity index (χ4n) is 3.67. The van der Waals surface area contributed by atoms with E-state index in [1.807, 2.05) is 0 Å². The van der Waals surface area contributed by atoms with Gasteiger partial charge in [-0.25, -0.2) is 9.18 Å². The van der Waals surface area contributed by atoms with Crippen molar-refractivity contribution in [3.8, 4) is 5.75 Å². The lowest BCUT2D eigenvalue weighted by atomic mass is 9.72. The van der Waals surface area contributed by atoms with E-state index in [1.54, 1.807) is 6.92 Å². The van der Waals surface area contributed by atoms with Crippen molar-refractivity contribution in [2.24, 2.45) is 11.3 Å². The smallest absolute Gasteiger partial charge is 0.341 e. The molecule has 1 aromatic heterocycles. The van der Waals surface area contributed by atoms with Gasteiger partial charge in [-0.1, -0.05) is 20.8 Å². The van der Waals surface area contributed by atoms with Crippen LogP contribution in [0.15, 0.2) is 24.3 Å². The summed E-state index contributed by atoms with van der Waals surface area (Å²) < 4.78 is 23.7. The Labute approximate surface area is 180 Å². The molecule has 1 N–H and O–H groups in total. The third kappa shape index (κ3) is 5.19. The van der Waals surface area contributed by atoms with Gasteiger partial charge in [-0.2, -0.15) is 0 Å². The summed E-state index contributed by atoms with van der Waals surface area (Å²) >= 11 is 1.45. The van der Waals surface area contributed by atoms with Crippen molar-refractivity contribution < 1.29 is 23.5 Å². The summed E-state index contributed by atoms with van der Waals surface area (Å²) in [6, 6.07) is 5.46. The van der Waals surface area contributed by atoms with Gasteiger partial charge in [0.2, 0.25) is 0 Å². The van der Waals surface area contributed by atoms with Crippen molar-refractivity contribution >= 4 is 28.2 Å². The third-order valence-electron chi connectivity index (χ3n) is 5.41. The number of ether oxygens (including phenoxy) is 2. The van der Waals surface area contributed by atoms with E-state index in [0.717, 1.165) is 29.7 Å². The van der Waals surface area contributed by atoms with E-state index < -0.39 is 5.97 Å². The van der Waals surface area contributed by atoms with Crippen LogP contribution in [-0.2, 0) is 22.4 Å². The summed E-state index contributed by atoms with van der Waals surface area (Å²) in [4.78, 5) is 26.2. The Bertz CT molecular complexity index is 915. The monoisotopic (exact) mass is 433 g/mol. The topological polar surface area (TPSA) is 64.6 Å². The first-order valence-corrected chi connectivity index (χ1v) is 11.0. The fraction of sp³-hybridized carbons (Fsp3) is 0.478. The summed E-state index contributed by atoms with van der Waals surface area (Å²) in [5, 5.41) is 3.34. The minimum absolute atomic E-state index is 0.179. The molecule has 2 aromatic rings. The van der Waals surface area contributed by atoms with Crippen LogP contribution in [0.2, 0.25) is 0 Å². The molecule has 0 saturated heterocycles. The number of fused-ring (bicyclic) bond motifs is 1. The van der Waals surface area contributed by atoms with Gasteiger partial charge in [-0.05, 0) is 67.3 Å². The van der Waals surface area contributed by atoms with Gasteiger partial charge in [0, 0.05) is 4.88 Å². The Kier molecular flexibility index (Phi) is 6.81. The lowest BCUT2D eigenvalue weighted by molar-refractivity contribution is -0.118. The quantitative estimate of drug-likeness (QED) is 0.634. The first-order chi connectivity index (χ1) is 14.2. The van der Waals surface area contributed by atoms with E-state index in [9.17, 15) is 14.0 Å². The van der Waals surface area contributed by atoms with E-state index in [1.165, 1.54) is 35.6 Å². The van der Waals surface area contributed by atoms with Gasteiger partial charge in [0.1, 0.15) is 16.6 Å². The molecule has 1 amide bonds. The first kappa shape index (κ1) is 22.3. The number of hydrogen-bond donors (Lipinski definition) is 1. The van der Waals surface area contributed by atoms with Crippen LogP contribution in [0.3, 0.4) is 0 Å². The maximum atomic E-state index is 13.0. The molecule has 1 heterocycles. The van der Waals surface area contributed by atoms with Crippen molar-refractivity contribution in [2.45, 2.75) is 47.0 Å². The predicted molar refractivity (Wildman–Crippen MR) is 116 cm³/mol. The van der Waals surface area contributed by atoms with Crippen LogP contribution in [0.1, 0.15) is 54.9 Å². The van der Waals surface area contributed by atoms with Gasteiger partial charge in [-0.3, -0.25) is 4.79 Å². The van der Waals surface area contributed by atoms with E-state index in [4.69, 9.17) is 9.47 Å². The average molecular weight is 434 g/mol. The molecule has 1 atom stereocenters. The molecule has 1 aliphatic carbocycles. The second-order valence-corrected chi connectivity index (χ2v) is 9.63. The molecule has 162 valence electrons. The molecule has 5 nitrogen and oxygen atoms in total. The van der Waals surface area contributed by atoms with Crippen molar-refractivity contribution in [1.29, 1.82) is 0 Å². The van der Waals surface area contributed by atoms with Crippen LogP contribution < -0.4 is 10.1 Å².